The van der Waals surface area contributed by atoms with Crippen LogP contribution in [0.25, 0.3) is 0 Å². The van der Waals surface area contributed by atoms with Crippen LogP contribution < -0.4 is 5.32 Å². The molecule has 0 unspecified atom stereocenters. The number of benzene rings is 2. The number of rotatable bonds is 4. The van der Waals surface area contributed by atoms with Gasteiger partial charge in [-0.15, -0.1) is 0 Å². The van der Waals surface area contributed by atoms with Crippen LogP contribution >= 0.6 is 0 Å². The molecule has 2 N–H and O–H groups in total. The third-order valence-electron chi connectivity index (χ3n) is 3.19. The number of halogens is 1. The first-order valence-electron chi connectivity index (χ1n) is 6.90. The molecule has 0 atom stereocenters. The van der Waals surface area contributed by atoms with Gasteiger partial charge in [-0.2, -0.15) is 0 Å². The number of aryl methyl sites for hydroxylation is 2. The van der Waals surface area contributed by atoms with Gasteiger partial charge in [0.25, 0.3) is 5.91 Å². The van der Waals surface area contributed by atoms with Crippen LogP contribution in [-0.4, -0.2) is 23.6 Å². The fraction of sp³-hybridized carbons (Fsp3) is 0.176. The van der Waals surface area contributed by atoms with Gasteiger partial charge in [0.15, 0.2) is 6.61 Å². The van der Waals surface area contributed by atoms with Gasteiger partial charge in [0.05, 0.1) is 5.69 Å². The SMILES string of the molecule is Cc1ccc(NC(=O)COC(=O)c2cccc(C)c2O)c(F)c1. The Morgan fingerprint density at radius 2 is 1.96 bits per heavy atom. The molecule has 0 radical (unpaired) electrons. The minimum atomic E-state index is -0.828. The zero-order chi connectivity index (χ0) is 17.0. The van der Waals surface area contributed by atoms with E-state index in [1.165, 1.54) is 18.2 Å². The summed E-state index contributed by atoms with van der Waals surface area (Å²) in [5.41, 5.74) is 1.22. The van der Waals surface area contributed by atoms with E-state index < -0.39 is 24.3 Å². The number of carbonyl (C=O) groups is 2. The topological polar surface area (TPSA) is 75.6 Å². The Kier molecular flexibility index (Phi) is 4.95. The third kappa shape index (κ3) is 4.06. The average Bonchev–Trinajstić information content (AvgIpc) is 2.50. The predicted octanol–water partition coefficient (Wildman–Crippen LogP) is 2.94. The van der Waals surface area contributed by atoms with Crippen LogP contribution in [0, 0.1) is 19.7 Å². The molecule has 0 aliphatic carbocycles. The summed E-state index contributed by atoms with van der Waals surface area (Å²) in [5, 5.41) is 12.1. The van der Waals surface area contributed by atoms with Gasteiger partial charge in [0.2, 0.25) is 0 Å². The van der Waals surface area contributed by atoms with Crippen molar-refractivity contribution < 1.29 is 23.8 Å². The number of para-hydroxylation sites is 1. The quantitative estimate of drug-likeness (QED) is 0.850. The Balaban J connectivity index is 1.96. The maximum absolute atomic E-state index is 13.6. The van der Waals surface area contributed by atoms with Gasteiger partial charge >= 0.3 is 5.97 Å². The van der Waals surface area contributed by atoms with Crippen LogP contribution in [0.5, 0.6) is 5.75 Å². The Morgan fingerprint density at radius 1 is 1.22 bits per heavy atom. The molecule has 23 heavy (non-hydrogen) atoms. The number of phenols is 1. The van der Waals surface area contributed by atoms with Crippen molar-refractivity contribution in [3.8, 4) is 5.75 Å². The number of nitrogens with one attached hydrogen (secondary N) is 1. The van der Waals surface area contributed by atoms with E-state index in [4.69, 9.17) is 4.74 Å². The van der Waals surface area contributed by atoms with Gasteiger partial charge in [0, 0.05) is 0 Å². The summed E-state index contributed by atoms with van der Waals surface area (Å²) < 4.78 is 18.4. The Labute approximate surface area is 132 Å². The first-order chi connectivity index (χ1) is 10.9. The standard InChI is InChI=1S/C17H16FNO4/c1-10-6-7-14(13(18)8-10)19-15(20)9-23-17(22)12-5-3-4-11(2)16(12)21/h3-8,21H,9H2,1-2H3,(H,19,20). The minimum absolute atomic E-state index is 0.00931. The van der Waals surface area contributed by atoms with Crippen molar-refractivity contribution >= 4 is 17.6 Å². The van der Waals surface area contributed by atoms with E-state index >= 15 is 0 Å². The highest BCUT2D eigenvalue weighted by molar-refractivity contribution is 5.97. The highest BCUT2D eigenvalue weighted by Crippen LogP contribution is 2.22. The Hall–Kier alpha value is -2.89. The number of hydrogen-bond donors (Lipinski definition) is 2. The second-order valence-corrected chi connectivity index (χ2v) is 5.08. The molecule has 0 fully saturated rings. The second kappa shape index (κ2) is 6.91. The zero-order valence-electron chi connectivity index (χ0n) is 12.7. The number of ether oxygens (including phenoxy) is 1. The van der Waals surface area contributed by atoms with Gasteiger partial charge in [-0.05, 0) is 43.2 Å². The summed E-state index contributed by atoms with van der Waals surface area (Å²) in [6, 6.07) is 8.98. The van der Waals surface area contributed by atoms with Gasteiger partial charge in [0.1, 0.15) is 17.1 Å². The molecule has 6 heteroatoms. The van der Waals surface area contributed by atoms with Gasteiger partial charge in [-0.1, -0.05) is 18.2 Å². The maximum Gasteiger partial charge on any atom is 0.342 e. The summed E-state index contributed by atoms with van der Waals surface area (Å²) in [5.74, 6) is -2.26. The molecule has 0 aromatic heterocycles. The maximum atomic E-state index is 13.6. The molecule has 2 aromatic rings. The molecular weight excluding hydrogens is 301 g/mol. The predicted molar refractivity (Wildman–Crippen MR) is 82.9 cm³/mol. The van der Waals surface area contributed by atoms with E-state index in [-0.39, 0.29) is 17.0 Å². The Morgan fingerprint density at radius 3 is 2.65 bits per heavy atom. The fourth-order valence-electron chi connectivity index (χ4n) is 1.94. The summed E-state index contributed by atoms with van der Waals surface area (Å²) >= 11 is 0. The van der Waals surface area contributed by atoms with Crippen molar-refractivity contribution in [2.75, 3.05) is 11.9 Å². The largest absolute Gasteiger partial charge is 0.507 e. The normalized spacial score (nSPS) is 10.2. The van der Waals surface area contributed by atoms with Crippen molar-refractivity contribution in [2.24, 2.45) is 0 Å². The molecule has 0 saturated heterocycles. The molecule has 0 heterocycles. The van der Waals surface area contributed by atoms with Crippen LogP contribution in [0.2, 0.25) is 0 Å². The first kappa shape index (κ1) is 16.5. The van der Waals surface area contributed by atoms with Crippen molar-refractivity contribution in [2.45, 2.75) is 13.8 Å². The van der Waals surface area contributed by atoms with Crippen LogP contribution in [0.3, 0.4) is 0 Å². The minimum Gasteiger partial charge on any atom is -0.507 e. The number of phenolic OH excluding ortho intramolecular Hbond substituents is 1. The molecular formula is C17H16FNO4. The molecule has 2 aromatic carbocycles. The monoisotopic (exact) mass is 317 g/mol. The van der Waals surface area contributed by atoms with Gasteiger partial charge in [-0.3, -0.25) is 4.79 Å². The second-order valence-electron chi connectivity index (χ2n) is 5.08. The lowest BCUT2D eigenvalue weighted by atomic mass is 10.1. The molecule has 0 aliphatic rings. The number of carbonyl (C=O) groups excluding carboxylic acids is 2. The van der Waals surface area contributed by atoms with Crippen molar-refractivity contribution in [3.05, 3.63) is 58.9 Å². The van der Waals surface area contributed by atoms with E-state index in [0.29, 0.717) is 5.56 Å². The van der Waals surface area contributed by atoms with Gasteiger partial charge in [-0.25, -0.2) is 9.18 Å². The van der Waals surface area contributed by atoms with Crippen LogP contribution in [0.1, 0.15) is 21.5 Å². The first-order valence-corrected chi connectivity index (χ1v) is 6.90. The molecule has 120 valence electrons. The van der Waals surface area contributed by atoms with Crippen LogP contribution in [-0.2, 0) is 9.53 Å². The molecule has 0 aliphatic heterocycles. The van der Waals surface area contributed by atoms with Crippen LogP contribution in [0.15, 0.2) is 36.4 Å². The number of anilines is 1. The number of amides is 1. The lowest BCUT2D eigenvalue weighted by Crippen LogP contribution is -2.21. The van der Waals surface area contributed by atoms with Gasteiger partial charge < -0.3 is 15.2 Å². The van der Waals surface area contributed by atoms with E-state index in [1.807, 2.05) is 0 Å². The van der Waals surface area contributed by atoms with E-state index in [1.54, 1.807) is 32.0 Å². The summed E-state index contributed by atoms with van der Waals surface area (Å²) in [6.07, 6.45) is 0. The number of hydrogen-bond acceptors (Lipinski definition) is 4. The molecule has 2 rings (SSSR count). The van der Waals surface area contributed by atoms with E-state index in [0.717, 1.165) is 5.56 Å². The smallest absolute Gasteiger partial charge is 0.342 e. The number of aromatic hydroxyl groups is 1. The van der Waals surface area contributed by atoms with Crippen molar-refractivity contribution in [3.63, 3.8) is 0 Å². The van der Waals surface area contributed by atoms with Crippen LogP contribution in [0.4, 0.5) is 10.1 Å². The number of esters is 1. The zero-order valence-corrected chi connectivity index (χ0v) is 12.7. The summed E-state index contributed by atoms with van der Waals surface area (Å²) in [7, 11) is 0. The summed E-state index contributed by atoms with van der Waals surface area (Å²) in [6.45, 7) is 2.78. The summed E-state index contributed by atoms with van der Waals surface area (Å²) in [4.78, 5) is 23.6. The highest BCUT2D eigenvalue weighted by atomic mass is 19.1. The van der Waals surface area contributed by atoms with E-state index in [9.17, 15) is 19.1 Å². The Bertz CT molecular complexity index is 758. The average molecular weight is 317 g/mol. The van der Waals surface area contributed by atoms with Crippen molar-refractivity contribution in [1.82, 2.24) is 0 Å². The lowest BCUT2D eigenvalue weighted by molar-refractivity contribution is -0.119. The van der Waals surface area contributed by atoms with E-state index in [2.05, 4.69) is 5.32 Å². The van der Waals surface area contributed by atoms with Crippen molar-refractivity contribution in [1.29, 1.82) is 0 Å². The molecule has 0 saturated carbocycles. The molecule has 1 amide bonds. The molecule has 5 nitrogen and oxygen atoms in total. The third-order valence-corrected chi connectivity index (χ3v) is 3.19. The fourth-order valence-corrected chi connectivity index (χ4v) is 1.94. The molecule has 0 spiro atoms. The highest BCUT2D eigenvalue weighted by Gasteiger charge is 2.16. The molecule has 0 bridgehead atoms. The lowest BCUT2D eigenvalue weighted by Gasteiger charge is -2.09.